The summed E-state index contributed by atoms with van der Waals surface area (Å²) in [6.07, 6.45) is 0.846. The first-order chi connectivity index (χ1) is 7.88. The van der Waals surface area contributed by atoms with Crippen molar-refractivity contribution in [2.75, 3.05) is 0 Å². The molecule has 2 nitrogen and oxygen atoms in total. The van der Waals surface area contributed by atoms with E-state index < -0.39 is 5.60 Å². The molecule has 1 aromatic rings. The van der Waals surface area contributed by atoms with E-state index in [2.05, 4.69) is 0 Å². The van der Waals surface area contributed by atoms with Gasteiger partial charge in [-0.2, -0.15) is 0 Å². The number of benzene rings is 1. The van der Waals surface area contributed by atoms with E-state index in [1.54, 1.807) is 0 Å². The molecule has 3 heteroatoms. The molecular weight excluding hydrogens is 236 g/mol. The molecule has 2 rings (SSSR count). The quantitative estimate of drug-likeness (QED) is 0.749. The summed E-state index contributed by atoms with van der Waals surface area (Å²) < 4.78 is 5.37. The predicted octanol–water partition coefficient (Wildman–Crippen LogP) is 3.79. The Hall–Kier alpha value is -1.02. The summed E-state index contributed by atoms with van der Waals surface area (Å²) in [4.78, 5) is 11.9. The van der Waals surface area contributed by atoms with Gasteiger partial charge in [-0.3, -0.25) is 4.79 Å². The van der Waals surface area contributed by atoms with Crippen LogP contribution in [0.25, 0.3) is 0 Å². The molecule has 1 fully saturated rings. The molecule has 0 amide bonds. The van der Waals surface area contributed by atoms with Crippen LogP contribution >= 0.6 is 11.6 Å². The fourth-order valence-electron chi connectivity index (χ4n) is 1.95. The van der Waals surface area contributed by atoms with Crippen LogP contribution in [0.15, 0.2) is 24.3 Å². The lowest BCUT2D eigenvalue weighted by Gasteiger charge is -2.19. The van der Waals surface area contributed by atoms with Crippen molar-refractivity contribution in [1.82, 2.24) is 0 Å². The van der Waals surface area contributed by atoms with Crippen LogP contribution in [-0.2, 0) is 9.53 Å². The number of carbonyl (C=O) groups excluding carboxylic acids is 1. The third-order valence-electron chi connectivity index (χ3n) is 2.80. The fourth-order valence-corrected chi connectivity index (χ4v) is 2.23. The van der Waals surface area contributed by atoms with Gasteiger partial charge in [0.1, 0.15) is 5.60 Å². The zero-order chi connectivity index (χ0) is 12.6. The van der Waals surface area contributed by atoms with E-state index in [1.807, 2.05) is 45.0 Å². The summed E-state index contributed by atoms with van der Waals surface area (Å²) in [7, 11) is 0. The van der Waals surface area contributed by atoms with Gasteiger partial charge in [0.25, 0.3) is 0 Å². The molecule has 0 saturated heterocycles. The monoisotopic (exact) mass is 252 g/mol. The summed E-state index contributed by atoms with van der Waals surface area (Å²) in [6, 6.07) is 7.70. The Morgan fingerprint density at radius 1 is 1.35 bits per heavy atom. The number of ether oxygens (including phenoxy) is 1. The second-order valence-electron chi connectivity index (χ2n) is 5.50. The largest absolute Gasteiger partial charge is 0.460 e. The van der Waals surface area contributed by atoms with Gasteiger partial charge in [-0.1, -0.05) is 29.8 Å². The first-order valence-corrected chi connectivity index (χ1v) is 6.23. The third kappa shape index (κ3) is 3.01. The molecule has 0 heterocycles. The van der Waals surface area contributed by atoms with Gasteiger partial charge in [0.2, 0.25) is 0 Å². The zero-order valence-electron chi connectivity index (χ0n) is 10.4. The Balaban J connectivity index is 2.02. The van der Waals surface area contributed by atoms with Crippen molar-refractivity contribution < 1.29 is 9.53 Å². The van der Waals surface area contributed by atoms with E-state index >= 15 is 0 Å². The van der Waals surface area contributed by atoms with E-state index in [9.17, 15) is 4.79 Å². The SMILES string of the molecule is CC(C)(C)OC(=O)[C@H]1C[C@@H]1c1ccccc1Cl. The number of rotatable bonds is 2. The summed E-state index contributed by atoms with van der Waals surface area (Å²) in [5.41, 5.74) is 0.648. The summed E-state index contributed by atoms with van der Waals surface area (Å²) >= 11 is 6.11. The smallest absolute Gasteiger partial charge is 0.310 e. The standard InChI is InChI=1S/C14H17ClO2/c1-14(2,3)17-13(16)11-8-10(11)9-6-4-5-7-12(9)15/h4-7,10-11H,8H2,1-3H3/t10-,11+/m1/s1. The maximum Gasteiger partial charge on any atom is 0.310 e. The van der Waals surface area contributed by atoms with Crippen LogP contribution in [0, 0.1) is 5.92 Å². The van der Waals surface area contributed by atoms with E-state index in [-0.39, 0.29) is 17.8 Å². The van der Waals surface area contributed by atoms with Gasteiger partial charge in [-0.25, -0.2) is 0 Å². The molecule has 1 aromatic carbocycles. The van der Waals surface area contributed by atoms with Crippen molar-refractivity contribution in [3.05, 3.63) is 34.9 Å². The van der Waals surface area contributed by atoms with Crippen molar-refractivity contribution in [2.24, 2.45) is 5.92 Å². The highest BCUT2D eigenvalue weighted by molar-refractivity contribution is 6.31. The van der Waals surface area contributed by atoms with Crippen LogP contribution in [0.2, 0.25) is 5.02 Å². The number of esters is 1. The predicted molar refractivity (Wildman–Crippen MR) is 68.1 cm³/mol. The molecule has 92 valence electrons. The minimum absolute atomic E-state index is 0.0193. The molecule has 17 heavy (non-hydrogen) atoms. The summed E-state index contributed by atoms with van der Waals surface area (Å²) in [5.74, 6) is 0.107. The zero-order valence-corrected chi connectivity index (χ0v) is 11.1. The Kier molecular flexibility index (Phi) is 3.17. The first-order valence-electron chi connectivity index (χ1n) is 5.86. The number of carbonyl (C=O) groups is 1. The van der Waals surface area contributed by atoms with Gasteiger partial charge in [-0.15, -0.1) is 0 Å². The van der Waals surface area contributed by atoms with Crippen LogP contribution in [-0.4, -0.2) is 11.6 Å². The van der Waals surface area contributed by atoms with Crippen LogP contribution in [0.4, 0.5) is 0 Å². The second-order valence-corrected chi connectivity index (χ2v) is 5.91. The minimum atomic E-state index is -0.412. The number of halogens is 1. The van der Waals surface area contributed by atoms with Gasteiger partial charge < -0.3 is 4.74 Å². The molecule has 0 aliphatic heterocycles. The highest BCUT2D eigenvalue weighted by Gasteiger charge is 2.46. The van der Waals surface area contributed by atoms with E-state index in [0.29, 0.717) is 0 Å². The number of hydrogen-bond donors (Lipinski definition) is 0. The van der Waals surface area contributed by atoms with Crippen LogP contribution in [0.5, 0.6) is 0 Å². The molecule has 0 bridgehead atoms. The fraction of sp³-hybridized carbons (Fsp3) is 0.500. The molecule has 0 N–H and O–H groups in total. The van der Waals surface area contributed by atoms with Gasteiger partial charge in [0.05, 0.1) is 5.92 Å². The Morgan fingerprint density at radius 2 is 2.00 bits per heavy atom. The lowest BCUT2D eigenvalue weighted by atomic mass is 10.1. The van der Waals surface area contributed by atoms with Crippen molar-refractivity contribution in [1.29, 1.82) is 0 Å². The van der Waals surface area contributed by atoms with Crippen molar-refractivity contribution in [3.63, 3.8) is 0 Å². The van der Waals surface area contributed by atoms with Gasteiger partial charge >= 0.3 is 5.97 Å². The highest BCUT2D eigenvalue weighted by Crippen LogP contribution is 2.50. The van der Waals surface area contributed by atoms with E-state index in [4.69, 9.17) is 16.3 Å². The van der Waals surface area contributed by atoms with Crippen molar-refractivity contribution in [3.8, 4) is 0 Å². The van der Waals surface area contributed by atoms with Gasteiger partial charge in [0, 0.05) is 5.02 Å². The van der Waals surface area contributed by atoms with Gasteiger partial charge in [0.15, 0.2) is 0 Å². The first kappa shape index (κ1) is 12.4. The molecule has 0 spiro atoms. The maximum absolute atomic E-state index is 11.9. The molecule has 1 aliphatic carbocycles. The Morgan fingerprint density at radius 3 is 2.59 bits per heavy atom. The maximum atomic E-state index is 11.9. The molecule has 2 atom stereocenters. The molecule has 0 aromatic heterocycles. The van der Waals surface area contributed by atoms with E-state index in [1.165, 1.54) is 0 Å². The average Bonchev–Trinajstić information content (AvgIpc) is 2.95. The highest BCUT2D eigenvalue weighted by atomic mass is 35.5. The molecule has 1 saturated carbocycles. The summed E-state index contributed by atoms with van der Waals surface area (Å²) in [6.45, 7) is 5.66. The Labute approximate surface area is 107 Å². The molecule has 0 radical (unpaired) electrons. The third-order valence-corrected chi connectivity index (χ3v) is 3.15. The van der Waals surface area contributed by atoms with E-state index in [0.717, 1.165) is 17.0 Å². The average molecular weight is 253 g/mol. The number of hydrogen-bond acceptors (Lipinski definition) is 2. The Bertz CT molecular complexity index is 434. The topological polar surface area (TPSA) is 26.3 Å². The molecule has 0 unspecified atom stereocenters. The lowest BCUT2D eigenvalue weighted by Crippen LogP contribution is -2.25. The molecular formula is C14H17ClO2. The van der Waals surface area contributed by atoms with Crippen molar-refractivity contribution >= 4 is 17.6 Å². The van der Waals surface area contributed by atoms with Crippen LogP contribution < -0.4 is 0 Å². The molecule has 1 aliphatic rings. The van der Waals surface area contributed by atoms with Crippen LogP contribution in [0.3, 0.4) is 0 Å². The minimum Gasteiger partial charge on any atom is -0.460 e. The van der Waals surface area contributed by atoms with Crippen molar-refractivity contribution in [2.45, 2.75) is 38.7 Å². The van der Waals surface area contributed by atoms with Crippen LogP contribution in [0.1, 0.15) is 38.7 Å². The lowest BCUT2D eigenvalue weighted by molar-refractivity contribution is -0.156. The summed E-state index contributed by atoms with van der Waals surface area (Å²) in [5, 5.41) is 0.739. The second kappa shape index (κ2) is 4.34. The normalized spacial score (nSPS) is 23.3. The van der Waals surface area contributed by atoms with Gasteiger partial charge in [-0.05, 0) is 44.7 Å².